The Balaban J connectivity index is 0.00000160. The summed E-state index contributed by atoms with van der Waals surface area (Å²) in [5.74, 6) is 0.981. The number of amides is 1. The molecule has 2 N–H and O–H groups in total. The van der Waals surface area contributed by atoms with Crippen LogP contribution >= 0.6 is 24.8 Å². The van der Waals surface area contributed by atoms with Gasteiger partial charge in [0.2, 0.25) is 0 Å². The minimum atomic E-state index is -0.0909. The monoisotopic (exact) mass is 450 g/mol. The number of piperidine rings is 1. The molecule has 0 radical (unpaired) electrons. The molecule has 6 nitrogen and oxygen atoms in total. The number of carbonyl (C=O) groups is 1. The van der Waals surface area contributed by atoms with Crippen LogP contribution in [0.5, 0.6) is 5.75 Å². The highest BCUT2D eigenvalue weighted by Crippen LogP contribution is 2.20. The van der Waals surface area contributed by atoms with Gasteiger partial charge in [-0.2, -0.15) is 0 Å². The number of aromatic nitrogens is 2. The van der Waals surface area contributed by atoms with Gasteiger partial charge in [0.15, 0.2) is 0 Å². The number of para-hydroxylation sites is 1. The van der Waals surface area contributed by atoms with E-state index in [0.29, 0.717) is 30.4 Å². The Morgan fingerprint density at radius 1 is 1.23 bits per heavy atom. The molecule has 1 unspecified atom stereocenters. The fourth-order valence-corrected chi connectivity index (χ4v) is 3.59. The number of carbonyl (C=O) groups excluding carboxylic acids is 1. The van der Waals surface area contributed by atoms with Crippen LogP contribution in [0, 0.1) is 12.8 Å². The smallest absolute Gasteiger partial charge is 0.255 e. The molecule has 1 aromatic carbocycles. The molecule has 30 heavy (non-hydrogen) atoms. The summed E-state index contributed by atoms with van der Waals surface area (Å²) in [6.07, 6.45) is 6.31. The summed E-state index contributed by atoms with van der Waals surface area (Å²) in [5, 5.41) is 6.43. The van der Waals surface area contributed by atoms with Crippen molar-refractivity contribution >= 4 is 36.4 Å². The molecule has 1 aliphatic heterocycles. The Bertz CT molecular complexity index is 971. The number of pyridine rings is 1. The lowest BCUT2D eigenvalue weighted by molar-refractivity contribution is 0.0940. The highest BCUT2D eigenvalue weighted by molar-refractivity contribution is 5.96. The maximum Gasteiger partial charge on any atom is 0.255 e. The molecular weight excluding hydrogens is 423 g/mol. The summed E-state index contributed by atoms with van der Waals surface area (Å²) in [7, 11) is 0. The van der Waals surface area contributed by atoms with Crippen molar-refractivity contribution in [2.45, 2.75) is 26.4 Å². The fourth-order valence-electron chi connectivity index (χ4n) is 3.59. The fraction of sp³-hybridized carbons (Fsp3) is 0.364. The largest absolute Gasteiger partial charge is 0.486 e. The topological polar surface area (TPSA) is 67.7 Å². The third-order valence-electron chi connectivity index (χ3n) is 5.11. The normalized spacial score (nSPS) is 15.7. The number of rotatable bonds is 6. The van der Waals surface area contributed by atoms with Crippen molar-refractivity contribution in [2.24, 2.45) is 5.92 Å². The molecule has 0 saturated carbocycles. The van der Waals surface area contributed by atoms with E-state index in [1.807, 2.05) is 54.0 Å². The van der Waals surface area contributed by atoms with Crippen LogP contribution in [0.3, 0.4) is 0 Å². The maximum absolute atomic E-state index is 12.7. The van der Waals surface area contributed by atoms with Crippen molar-refractivity contribution in [3.05, 3.63) is 65.6 Å². The molecule has 1 saturated heterocycles. The van der Waals surface area contributed by atoms with E-state index in [0.717, 1.165) is 30.9 Å². The van der Waals surface area contributed by atoms with E-state index in [1.54, 1.807) is 6.07 Å². The SMILES string of the molecule is Cc1ccc2nc(COc3ccccc3C(=O)NCC3CCCNC3)cn2c1.Cl.Cl. The Morgan fingerprint density at radius 3 is 2.87 bits per heavy atom. The van der Waals surface area contributed by atoms with Crippen molar-refractivity contribution in [2.75, 3.05) is 19.6 Å². The number of nitrogens with one attached hydrogen (secondary N) is 2. The Morgan fingerprint density at radius 2 is 2.07 bits per heavy atom. The van der Waals surface area contributed by atoms with Crippen LogP contribution in [0.2, 0.25) is 0 Å². The predicted octanol–water partition coefficient (Wildman–Crippen LogP) is 3.79. The first kappa shape index (κ1) is 24.0. The number of ether oxygens (including phenoxy) is 1. The van der Waals surface area contributed by atoms with Gasteiger partial charge in [-0.3, -0.25) is 4.79 Å². The van der Waals surface area contributed by atoms with Crippen LogP contribution in [-0.2, 0) is 6.61 Å². The second-order valence-electron chi connectivity index (χ2n) is 7.41. The van der Waals surface area contributed by atoms with Gasteiger partial charge in [-0.25, -0.2) is 4.98 Å². The molecular formula is C22H28Cl2N4O2. The molecule has 3 heterocycles. The van der Waals surface area contributed by atoms with Gasteiger partial charge in [-0.1, -0.05) is 18.2 Å². The minimum Gasteiger partial charge on any atom is -0.486 e. The molecule has 0 aliphatic carbocycles. The number of benzene rings is 1. The van der Waals surface area contributed by atoms with Crippen LogP contribution in [0.4, 0.5) is 0 Å². The number of halogens is 2. The number of hydrogen-bond acceptors (Lipinski definition) is 4. The Kier molecular flexibility index (Phi) is 8.96. The van der Waals surface area contributed by atoms with Crippen molar-refractivity contribution < 1.29 is 9.53 Å². The molecule has 2 aromatic heterocycles. The second-order valence-corrected chi connectivity index (χ2v) is 7.41. The maximum atomic E-state index is 12.7. The first-order valence-corrected chi connectivity index (χ1v) is 9.84. The van der Waals surface area contributed by atoms with Gasteiger partial charge in [-0.15, -0.1) is 24.8 Å². The van der Waals surface area contributed by atoms with Gasteiger partial charge in [0, 0.05) is 18.9 Å². The number of fused-ring (bicyclic) bond motifs is 1. The molecule has 1 fully saturated rings. The number of aryl methyl sites for hydroxylation is 1. The third kappa shape index (κ3) is 5.88. The summed E-state index contributed by atoms with van der Waals surface area (Å²) < 4.78 is 7.94. The van der Waals surface area contributed by atoms with Crippen molar-refractivity contribution in [1.82, 2.24) is 20.0 Å². The lowest BCUT2D eigenvalue weighted by Crippen LogP contribution is -2.38. The van der Waals surface area contributed by atoms with Crippen LogP contribution in [-0.4, -0.2) is 34.9 Å². The first-order valence-electron chi connectivity index (χ1n) is 9.84. The molecule has 4 rings (SSSR count). The van der Waals surface area contributed by atoms with Gasteiger partial charge < -0.3 is 19.8 Å². The van der Waals surface area contributed by atoms with Gasteiger partial charge in [0.1, 0.15) is 18.0 Å². The molecule has 1 aliphatic rings. The summed E-state index contributed by atoms with van der Waals surface area (Å²) in [6.45, 7) is 5.09. The number of nitrogens with zero attached hydrogens (tertiary/aromatic N) is 2. The van der Waals surface area contributed by atoms with Gasteiger partial charge >= 0.3 is 0 Å². The van der Waals surface area contributed by atoms with Crippen LogP contribution in [0.25, 0.3) is 5.65 Å². The Labute approximate surface area is 189 Å². The number of hydrogen-bond donors (Lipinski definition) is 2. The van der Waals surface area contributed by atoms with E-state index in [-0.39, 0.29) is 30.7 Å². The average molecular weight is 451 g/mol. The van der Waals surface area contributed by atoms with E-state index >= 15 is 0 Å². The molecule has 0 spiro atoms. The van der Waals surface area contributed by atoms with Crippen LogP contribution in [0.1, 0.15) is 34.5 Å². The van der Waals surface area contributed by atoms with E-state index in [2.05, 4.69) is 15.6 Å². The van der Waals surface area contributed by atoms with E-state index in [4.69, 9.17) is 4.74 Å². The van der Waals surface area contributed by atoms with E-state index in [9.17, 15) is 4.79 Å². The van der Waals surface area contributed by atoms with Gasteiger partial charge in [0.05, 0.1) is 11.3 Å². The number of imidazole rings is 1. The van der Waals surface area contributed by atoms with Gasteiger partial charge in [-0.05, 0) is 62.5 Å². The quantitative estimate of drug-likeness (QED) is 0.599. The molecule has 8 heteroatoms. The molecule has 0 bridgehead atoms. The van der Waals surface area contributed by atoms with Crippen LogP contribution < -0.4 is 15.4 Å². The summed E-state index contributed by atoms with van der Waals surface area (Å²) >= 11 is 0. The zero-order chi connectivity index (χ0) is 19.3. The van der Waals surface area contributed by atoms with Crippen molar-refractivity contribution in [3.8, 4) is 5.75 Å². The zero-order valence-corrected chi connectivity index (χ0v) is 18.6. The minimum absolute atomic E-state index is 0. The highest BCUT2D eigenvalue weighted by atomic mass is 35.5. The van der Waals surface area contributed by atoms with Crippen LogP contribution in [0.15, 0.2) is 48.8 Å². The highest BCUT2D eigenvalue weighted by Gasteiger charge is 2.17. The van der Waals surface area contributed by atoms with E-state index in [1.165, 1.54) is 12.0 Å². The molecule has 1 amide bonds. The lowest BCUT2D eigenvalue weighted by Gasteiger charge is -2.23. The zero-order valence-electron chi connectivity index (χ0n) is 17.0. The summed E-state index contributed by atoms with van der Waals surface area (Å²) in [6, 6.07) is 11.4. The Hall–Kier alpha value is -2.28. The lowest BCUT2D eigenvalue weighted by atomic mass is 9.99. The van der Waals surface area contributed by atoms with Crippen molar-refractivity contribution in [1.29, 1.82) is 0 Å². The molecule has 1 atom stereocenters. The second kappa shape index (κ2) is 11.2. The third-order valence-corrected chi connectivity index (χ3v) is 5.11. The average Bonchev–Trinajstić information content (AvgIpc) is 3.13. The predicted molar refractivity (Wildman–Crippen MR) is 123 cm³/mol. The van der Waals surface area contributed by atoms with Gasteiger partial charge in [0.25, 0.3) is 5.91 Å². The summed E-state index contributed by atoms with van der Waals surface area (Å²) in [4.78, 5) is 17.2. The van der Waals surface area contributed by atoms with Crippen molar-refractivity contribution in [3.63, 3.8) is 0 Å². The molecule has 162 valence electrons. The first-order chi connectivity index (χ1) is 13.7. The molecule has 3 aromatic rings. The van der Waals surface area contributed by atoms with E-state index < -0.39 is 0 Å². The standard InChI is InChI=1S/C22H26N4O2.2ClH/c1-16-8-9-21-25-18(14-26(21)13-16)15-28-20-7-3-2-6-19(20)22(27)24-12-17-5-4-10-23-11-17;;/h2-3,6-9,13-14,17,23H,4-5,10-12,15H2,1H3,(H,24,27);2*1H. The summed E-state index contributed by atoms with van der Waals surface area (Å²) in [5.41, 5.74) is 3.45.